The predicted octanol–water partition coefficient (Wildman–Crippen LogP) is 3.53. The van der Waals surface area contributed by atoms with E-state index in [9.17, 15) is 9.59 Å². The van der Waals surface area contributed by atoms with Crippen LogP contribution in [0.4, 0.5) is 5.69 Å². The van der Waals surface area contributed by atoms with Gasteiger partial charge in [-0.2, -0.15) is 0 Å². The summed E-state index contributed by atoms with van der Waals surface area (Å²) in [6.45, 7) is 4.90. The first-order valence-electron chi connectivity index (χ1n) is 7.85. The van der Waals surface area contributed by atoms with Crippen LogP contribution >= 0.6 is 34.8 Å². The zero-order valence-corrected chi connectivity index (χ0v) is 15.7. The fourth-order valence-electron chi connectivity index (χ4n) is 2.65. The van der Waals surface area contributed by atoms with Crippen molar-refractivity contribution < 1.29 is 9.59 Å². The molecule has 0 saturated carbocycles. The second-order valence-corrected chi connectivity index (χ2v) is 6.91. The molecule has 0 bridgehead atoms. The lowest BCUT2D eigenvalue weighted by molar-refractivity contribution is -0.130. The van der Waals surface area contributed by atoms with Gasteiger partial charge in [0.15, 0.2) is 0 Å². The Morgan fingerprint density at radius 2 is 1.75 bits per heavy atom. The smallest absolute Gasteiger partial charge is 0.238 e. The Morgan fingerprint density at radius 3 is 2.38 bits per heavy atom. The Labute approximate surface area is 156 Å². The van der Waals surface area contributed by atoms with Gasteiger partial charge in [-0.15, -0.1) is 0 Å². The van der Waals surface area contributed by atoms with E-state index in [1.165, 1.54) is 12.1 Å². The number of nitrogens with zero attached hydrogens (tertiary/aromatic N) is 2. The minimum atomic E-state index is -0.198. The standard InChI is InChI=1S/C16H20Cl3N3O2/c1-2-15(24)22-5-3-4-21(6-7-22)10-14(23)20-16-12(18)8-11(17)9-13(16)19/h8-9H,2-7,10H2,1H3,(H,20,23). The van der Waals surface area contributed by atoms with E-state index in [0.717, 1.165) is 19.5 Å². The highest BCUT2D eigenvalue weighted by atomic mass is 35.5. The van der Waals surface area contributed by atoms with Crippen molar-refractivity contribution in [3.8, 4) is 0 Å². The second kappa shape index (κ2) is 8.90. The molecule has 0 unspecified atom stereocenters. The minimum absolute atomic E-state index is 0.154. The maximum absolute atomic E-state index is 12.3. The molecule has 0 aromatic heterocycles. The van der Waals surface area contributed by atoms with Gasteiger partial charge in [0.05, 0.1) is 22.3 Å². The van der Waals surface area contributed by atoms with Crippen LogP contribution < -0.4 is 5.32 Å². The third-order valence-electron chi connectivity index (χ3n) is 3.88. The monoisotopic (exact) mass is 391 g/mol. The van der Waals surface area contributed by atoms with E-state index in [1.54, 1.807) is 0 Å². The van der Waals surface area contributed by atoms with Crippen LogP contribution in [0.2, 0.25) is 15.1 Å². The molecule has 1 aromatic carbocycles. The molecule has 1 fully saturated rings. The number of anilines is 1. The third-order valence-corrected chi connectivity index (χ3v) is 4.70. The highest BCUT2D eigenvalue weighted by molar-refractivity contribution is 6.42. The van der Waals surface area contributed by atoms with E-state index < -0.39 is 0 Å². The van der Waals surface area contributed by atoms with Crippen LogP contribution in [0, 0.1) is 0 Å². The number of halogens is 3. The summed E-state index contributed by atoms with van der Waals surface area (Å²) in [5, 5.41) is 3.75. The molecule has 5 nitrogen and oxygen atoms in total. The fourth-order valence-corrected chi connectivity index (χ4v) is 3.56. The molecule has 8 heteroatoms. The predicted molar refractivity (Wildman–Crippen MR) is 98.0 cm³/mol. The quantitative estimate of drug-likeness (QED) is 0.853. The number of amides is 2. The Kier molecular flexibility index (Phi) is 7.16. The molecule has 1 heterocycles. The number of nitrogens with one attached hydrogen (secondary N) is 1. The summed E-state index contributed by atoms with van der Waals surface area (Å²) >= 11 is 18.0. The molecule has 24 heavy (non-hydrogen) atoms. The maximum Gasteiger partial charge on any atom is 0.238 e. The zero-order chi connectivity index (χ0) is 17.7. The van der Waals surface area contributed by atoms with Crippen LogP contribution in [0.3, 0.4) is 0 Å². The topological polar surface area (TPSA) is 52.7 Å². The van der Waals surface area contributed by atoms with Crippen molar-refractivity contribution in [3.63, 3.8) is 0 Å². The molecule has 0 aliphatic carbocycles. The number of rotatable bonds is 4. The van der Waals surface area contributed by atoms with Crippen LogP contribution in [0.5, 0.6) is 0 Å². The lowest BCUT2D eigenvalue weighted by atomic mass is 10.3. The molecule has 2 rings (SSSR count). The molecule has 0 atom stereocenters. The molecular formula is C16H20Cl3N3O2. The first kappa shape index (κ1) is 19.3. The van der Waals surface area contributed by atoms with Crippen molar-refractivity contribution in [2.24, 2.45) is 0 Å². The van der Waals surface area contributed by atoms with Crippen molar-refractivity contribution in [1.82, 2.24) is 9.80 Å². The van der Waals surface area contributed by atoms with E-state index in [4.69, 9.17) is 34.8 Å². The average Bonchev–Trinajstić information content (AvgIpc) is 2.75. The van der Waals surface area contributed by atoms with Gasteiger partial charge in [-0.25, -0.2) is 0 Å². The summed E-state index contributed by atoms with van der Waals surface area (Å²) in [4.78, 5) is 27.9. The van der Waals surface area contributed by atoms with E-state index in [1.807, 2.05) is 16.7 Å². The van der Waals surface area contributed by atoms with Gasteiger partial charge in [-0.1, -0.05) is 41.7 Å². The normalized spacial score (nSPS) is 15.9. The van der Waals surface area contributed by atoms with E-state index in [2.05, 4.69) is 5.32 Å². The summed E-state index contributed by atoms with van der Waals surface area (Å²) in [6.07, 6.45) is 1.36. The van der Waals surface area contributed by atoms with E-state index >= 15 is 0 Å². The van der Waals surface area contributed by atoms with Gasteiger partial charge in [0, 0.05) is 37.6 Å². The minimum Gasteiger partial charge on any atom is -0.341 e. The van der Waals surface area contributed by atoms with Gasteiger partial charge in [0.25, 0.3) is 0 Å². The number of carbonyl (C=O) groups excluding carboxylic acids is 2. The Balaban J connectivity index is 1.92. The number of hydrogen-bond acceptors (Lipinski definition) is 3. The van der Waals surface area contributed by atoms with Crippen LogP contribution in [0.15, 0.2) is 12.1 Å². The molecule has 1 aliphatic heterocycles. The first-order chi connectivity index (χ1) is 11.4. The van der Waals surface area contributed by atoms with Crippen molar-refractivity contribution in [3.05, 3.63) is 27.2 Å². The van der Waals surface area contributed by atoms with E-state index in [0.29, 0.717) is 40.3 Å². The molecule has 1 aliphatic rings. The lowest BCUT2D eigenvalue weighted by Crippen LogP contribution is -2.37. The van der Waals surface area contributed by atoms with Crippen LogP contribution in [0.25, 0.3) is 0 Å². The highest BCUT2D eigenvalue weighted by Crippen LogP contribution is 2.33. The van der Waals surface area contributed by atoms with Gasteiger partial charge in [0.2, 0.25) is 11.8 Å². The van der Waals surface area contributed by atoms with Gasteiger partial charge < -0.3 is 10.2 Å². The van der Waals surface area contributed by atoms with Crippen LogP contribution in [0.1, 0.15) is 19.8 Å². The van der Waals surface area contributed by atoms with Crippen LogP contribution in [-0.2, 0) is 9.59 Å². The highest BCUT2D eigenvalue weighted by Gasteiger charge is 2.20. The molecule has 2 amide bonds. The molecule has 0 spiro atoms. The Hall–Kier alpha value is -1.01. The molecule has 1 N–H and O–H groups in total. The van der Waals surface area contributed by atoms with Crippen molar-refractivity contribution in [1.29, 1.82) is 0 Å². The Morgan fingerprint density at radius 1 is 1.08 bits per heavy atom. The van der Waals surface area contributed by atoms with Crippen molar-refractivity contribution in [2.75, 3.05) is 38.0 Å². The number of hydrogen-bond donors (Lipinski definition) is 1. The average molecular weight is 393 g/mol. The molecule has 132 valence electrons. The second-order valence-electron chi connectivity index (χ2n) is 5.66. The first-order valence-corrected chi connectivity index (χ1v) is 8.98. The molecule has 1 aromatic rings. The lowest BCUT2D eigenvalue weighted by Gasteiger charge is -2.21. The molecular weight excluding hydrogens is 373 g/mol. The van der Waals surface area contributed by atoms with E-state index in [-0.39, 0.29) is 18.4 Å². The van der Waals surface area contributed by atoms with Crippen LogP contribution in [-0.4, -0.2) is 54.3 Å². The van der Waals surface area contributed by atoms with Gasteiger partial charge in [-0.05, 0) is 18.6 Å². The number of benzene rings is 1. The number of carbonyl (C=O) groups is 2. The van der Waals surface area contributed by atoms with Gasteiger partial charge in [-0.3, -0.25) is 14.5 Å². The van der Waals surface area contributed by atoms with Gasteiger partial charge >= 0.3 is 0 Å². The summed E-state index contributed by atoms with van der Waals surface area (Å²) in [7, 11) is 0. The summed E-state index contributed by atoms with van der Waals surface area (Å²) in [5.74, 6) is -0.0441. The third kappa shape index (κ3) is 5.24. The van der Waals surface area contributed by atoms with Gasteiger partial charge in [0.1, 0.15) is 0 Å². The summed E-state index contributed by atoms with van der Waals surface area (Å²) in [5.41, 5.74) is 0.366. The van der Waals surface area contributed by atoms with Crippen molar-refractivity contribution in [2.45, 2.75) is 19.8 Å². The largest absolute Gasteiger partial charge is 0.341 e. The van der Waals surface area contributed by atoms with Crippen molar-refractivity contribution >= 4 is 52.3 Å². The summed E-state index contributed by atoms with van der Waals surface area (Å²) < 4.78 is 0. The Bertz CT molecular complexity index is 602. The molecule has 0 radical (unpaired) electrons. The molecule has 1 saturated heterocycles. The SMILES string of the molecule is CCC(=O)N1CCCN(CC(=O)Nc2c(Cl)cc(Cl)cc2Cl)CC1. The zero-order valence-electron chi connectivity index (χ0n) is 13.4. The fraction of sp³-hybridized carbons (Fsp3) is 0.500. The maximum atomic E-state index is 12.3. The summed E-state index contributed by atoms with van der Waals surface area (Å²) in [6, 6.07) is 3.07.